The van der Waals surface area contributed by atoms with Gasteiger partial charge in [0.05, 0.1) is 18.6 Å². The standard InChI is InChI=1S/C9H17NO3/c1-7-8(3-2-6-13-7)9(12)10-4-5-11/h7-8,11H,2-6H2,1H3,(H,10,12)/t7-,8-/m0/s1. The smallest absolute Gasteiger partial charge is 0.225 e. The SMILES string of the molecule is C[C@@H]1OCCC[C@@H]1C(=O)NCCO. The van der Waals surface area contributed by atoms with E-state index in [9.17, 15) is 4.79 Å². The first-order valence-electron chi connectivity index (χ1n) is 4.76. The number of carbonyl (C=O) groups is 1. The molecule has 1 fully saturated rings. The monoisotopic (exact) mass is 187 g/mol. The summed E-state index contributed by atoms with van der Waals surface area (Å²) in [5.41, 5.74) is 0. The highest BCUT2D eigenvalue weighted by atomic mass is 16.5. The topological polar surface area (TPSA) is 58.6 Å². The number of carbonyl (C=O) groups excluding carboxylic acids is 1. The molecule has 4 nitrogen and oxygen atoms in total. The van der Waals surface area contributed by atoms with Gasteiger partial charge in [0, 0.05) is 13.2 Å². The average Bonchev–Trinajstić information content (AvgIpc) is 2.15. The van der Waals surface area contributed by atoms with E-state index in [1.165, 1.54) is 0 Å². The Hall–Kier alpha value is -0.610. The van der Waals surface area contributed by atoms with Gasteiger partial charge < -0.3 is 15.2 Å². The molecule has 2 N–H and O–H groups in total. The predicted molar refractivity (Wildman–Crippen MR) is 48.2 cm³/mol. The van der Waals surface area contributed by atoms with Gasteiger partial charge in [0.1, 0.15) is 0 Å². The van der Waals surface area contributed by atoms with Gasteiger partial charge in [-0.3, -0.25) is 4.79 Å². The molecule has 1 rings (SSSR count). The first-order valence-corrected chi connectivity index (χ1v) is 4.76. The number of rotatable bonds is 3. The first-order chi connectivity index (χ1) is 6.25. The van der Waals surface area contributed by atoms with Crippen LogP contribution in [0, 0.1) is 5.92 Å². The Bertz CT molecular complexity index is 172. The number of amides is 1. The third-order valence-electron chi connectivity index (χ3n) is 2.35. The molecule has 1 saturated heterocycles. The van der Waals surface area contributed by atoms with E-state index in [4.69, 9.17) is 9.84 Å². The van der Waals surface area contributed by atoms with Crippen LogP contribution < -0.4 is 5.32 Å². The summed E-state index contributed by atoms with van der Waals surface area (Å²) in [7, 11) is 0. The predicted octanol–water partition coefficient (Wildman–Crippen LogP) is -0.0900. The van der Waals surface area contributed by atoms with Gasteiger partial charge in [-0.05, 0) is 19.8 Å². The molecule has 0 saturated carbocycles. The molecular formula is C9H17NO3. The second-order valence-corrected chi connectivity index (χ2v) is 3.34. The van der Waals surface area contributed by atoms with Gasteiger partial charge in [-0.1, -0.05) is 0 Å². The second kappa shape index (κ2) is 5.19. The molecule has 1 aliphatic heterocycles. The molecule has 0 aromatic carbocycles. The molecule has 13 heavy (non-hydrogen) atoms. The minimum atomic E-state index is -0.0414. The lowest BCUT2D eigenvalue weighted by Gasteiger charge is -2.27. The van der Waals surface area contributed by atoms with Gasteiger partial charge in [-0.15, -0.1) is 0 Å². The molecule has 0 aromatic rings. The molecule has 0 unspecified atom stereocenters. The molecule has 0 bridgehead atoms. The Labute approximate surface area is 78.3 Å². The Kier molecular flexibility index (Phi) is 4.18. The van der Waals surface area contributed by atoms with Gasteiger partial charge >= 0.3 is 0 Å². The van der Waals surface area contributed by atoms with Crippen molar-refractivity contribution in [2.24, 2.45) is 5.92 Å². The summed E-state index contributed by atoms with van der Waals surface area (Å²) in [5.74, 6) is -0.0402. The van der Waals surface area contributed by atoms with Crippen LogP contribution in [-0.2, 0) is 9.53 Å². The van der Waals surface area contributed by atoms with Crippen molar-refractivity contribution < 1.29 is 14.6 Å². The van der Waals surface area contributed by atoms with Gasteiger partial charge in [-0.2, -0.15) is 0 Å². The maximum Gasteiger partial charge on any atom is 0.225 e. The fourth-order valence-corrected chi connectivity index (χ4v) is 1.58. The van der Waals surface area contributed by atoms with Crippen LogP contribution in [-0.4, -0.2) is 36.9 Å². The van der Waals surface area contributed by atoms with Crippen molar-refractivity contribution >= 4 is 5.91 Å². The van der Waals surface area contributed by atoms with Crippen molar-refractivity contribution in [1.82, 2.24) is 5.32 Å². The van der Waals surface area contributed by atoms with Crippen LogP contribution in [0.4, 0.5) is 0 Å². The molecule has 1 aliphatic rings. The number of ether oxygens (including phenoxy) is 1. The molecule has 1 amide bonds. The van der Waals surface area contributed by atoms with E-state index in [0.717, 1.165) is 19.4 Å². The number of aliphatic hydroxyl groups excluding tert-OH is 1. The molecular weight excluding hydrogens is 170 g/mol. The lowest BCUT2D eigenvalue weighted by molar-refractivity contribution is -0.133. The van der Waals surface area contributed by atoms with E-state index < -0.39 is 0 Å². The highest BCUT2D eigenvalue weighted by Crippen LogP contribution is 2.20. The summed E-state index contributed by atoms with van der Waals surface area (Å²) >= 11 is 0. The largest absolute Gasteiger partial charge is 0.395 e. The molecule has 0 radical (unpaired) electrons. The van der Waals surface area contributed by atoms with Crippen LogP contribution >= 0.6 is 0 Å². The zero-order valence-electron chi connectivity index (χ0n) is 7.95. The quantitative estimate of drug-likeness (QED) is 0.649. The van der Waals surface area contributed by atoms with Crippen LogP contribution in [0.1, 0.15) is 19.8 Å². The lowest BCUT2D eigenvalue weighted by atomic mass is 9.94. The Morgan fingerprint density at radius 3 is 3.08 bits per heavy atom. The van der Waals surface area contributed by atoms with Crippen molar-refractivity contribution in [3.8, 4) is 0 Å². The highest BCUT2D eigenvalue weighted by molar-refractivity contribution is 5.79. The molecule has 0 spiro atoms. The third kappa shape index (κ3) is 2.97. The molecule has 4 heteroatoms. The Balaban J connectivity index is 2.35. The Morgan fingerprint density at radius 2 is 2.46 bits per heavy atom. The van der Waals surface area contributed by atoms with E-state index in [1.807, 2.05) is 6.92 Å². The van der Waals surface area contributed by atoms with Crippen molar-refractivity contribution in [3.63, 3.8) is 0 Å². The number of nitrogens with one attached hydrogen (secondary N) is 1. The normalized spacial score (nSPS) is 28.5. The molecule has 0 aliphatic carbocycles. The van der Waals surface area contributed by atoms with Crippen molar-refractivity contribution in [1.29, 1.82) is 0 Å². The molecule has 0 aromatic heterocycles. The fourth-order valence-electron chi connectivity index (χ4n) is 1.58. The summed E-state index contributed by atoms with van der Waals surface area (Å²) in [5, 5.41) is 11.2. The van der Waals surface area contributed by atoms with E-state index in [-0.39, 0.29) is 24.5 Å². The number of hydrogen-bond acceptors (Lipinski definition) is 3. The van der Waals surface area contributed by atoms with E-state index in [0.29, 0.717) is 6.54 Å². The van der Waals surface area contributed by atoms with Gasteiger partial charge in [0.25, 0.3) is 0 Å². The molecule has 76 valence electrons. The molecule has 2 atom stereocenters. The van der Waals surface area contributed by atoms with E-state index >= 15 is 0 Å². The van der Waals surface area contributed by atoms with Crippen molar-refractivity contribution in [2.75, 3.05) is 19.8 Å². The zero-order valence-corrected chi connectivity index (χ0v) is 7.95. The Morgan fingerprint density at radius 1 is 1.69 bits per heavy atom. The maximum absolute atomic E-state index is 11.5. The third-order valence-corrected chi connectivity index (χ3v) is 2.35. The minimum Gasteiger partial charge on any atom is -0.395 e. The summed E-state index contributed by atoms with van der Waals surface area (Å²) in [6.07, 6.45) is 1.84. The van der Waals surface area contributed by atoms with Crippen LogP contribution in [0.2, 0.25) is 0 Å². The van der Waals surface area contributed by atoms with Crippen LogP contribution in [0.15, 0.2) is 0 Å². The first kappa shape index (κ1) is 10.5. The van der Waals surface area contributed by atoms with Crippen LogP contribution in [0.25, 0.3) is 0 Å². The number of aliphatic hydroxyl groups is 1. The molecule has 1 heterocycles. The van der Waals surface area contributed by atoms with Gasteiger partial charge in [-0.25, -0.2) is 0 Å². The lowest BCUT2D eigenvalue weighted by Crippen LogP contribution is -2.41. The second-order valence-electron chi connectivity index (χ2n) is 3.34. The van der Waals surface area contributed by atoms with Gasteiger partial charge in [0.2, 0.25) is 5.91 Å². The van der Waals surface area contributed by atoms with E-state index in [1.54, 1.807) is 0 Å². The highest BCUT2D eigenvalue weighted by Gasteiger charge is 2.27. The summed E-state index contributed by atoms with van der Waals surface area (Å²) in [6.45, 7) is 3.00. The van der Waals surface area contributed by atoms with Crippen LogP contribution in [0.5, 0.6) is 0 Å². The van der Waals surface area contributed by atoms with Crippen LogP contribution in [0.3, 0.4) is 0 Å². The average molecular weight is 187 g/mol. The van der Waals surface area contributed by atoms with E-state index in [2.05, 4.69) is 5.32 Å². The summed E-state index contributed by atoms with van der Waals surface area (Å²) in [4.78, 5) is 11.5. The summed E-state index contributed by atoms with van der Waals surface area (Å²) < 4.78 is 5.37. The summed E-state index contributed by atoms with van der Waals surface area (Å²) in [6, 6.07) is 0. The minimum absolute atomic E-state index is 0.00116. The number of hydrogen-bond donors (Lipinski definition) is 2. The fraction of sp³-hybridized carbons (Fsp3) is 0.889. The maximum atomic E-state index is 11.5. The van der Waals surface area contributed by atoms with Crippen molar-refractivity contribution in [3.05, 3.63) is 0 Å². The van der Waals surface area contributed by atoms with Gasteiger partial charge in [0.15, 0.2) is 0 Å². The zero-order chi connectivity index (χ0) is 9.68. The van der Waals surface area contributed by atoms with Crippen molar-refractivity contribution in [2.45, 2.75) is 25.9 Å².